The summed E-state index contributed by atoms with van der Waals surface area (Å²) in [6.45, 7) is 6.23. The van der Waals surface area contributed by atoms with E-state index in [0.29, 0.717) is 11.6 Å². The Kier molecular flexibility index (Phi) is 3.53. The van der Waals surface area contributed by atoms with Gasteiger partial charge in [-0.25, -0.2) is 0 Å². The Morgan fingerprint density at radius 1 is 1.29 bits per heavy atom. The lowest BCUT2D eigenvalue weighted by atomic mass is 9.88. The van der Waals surface area contributed by atoms with Gasteiger partial charge in [0.2, 0.25) is 0 Å². The predicted octanol–water partition coefficient (Wildman–Crippen LogP) is 3.67. The van der Waals surface area contributed by atoms with E-state index in [1.165, 1.54) is 0 Å². The summed E-state index contributed by atoms with van der Waals surface area (Å²) in [5.74, 6) is 1.27. The number of carbonyl (C=O) groups excluding carboxylic acids is 1. The minimum atomic E-state index is -0.181. The second-order valence-electron chi connectivity index (χ2n) is 6.11. The van der Waals surface area contributed by atoms with Crippen molar-refractivity contribution in [2.45, 2.75) is 40.0 Å². The van der Waals surface area contributed by atoms with Crippen molar-refractivity contribution in [3.8, 4) is 0 Å². The Bertz CT molecular complexity index is 668. The smallest absolute Gasteiger partial charge is 0.278 e. The number of rotatable bonds is 2. The van der Waals surface area contributed by atoms with Gasteiger partial charge in [0.05, 0.1) is 0 Å². The fourth-order valence-corrected chi connectivity index (χ4v) is 2.99. The molecule has 3 rings (SSSR count). The molecule has 0 bridgehead atoms. The molecule has 0 unspecified atom stereocenters. The normalized spacial score (nSPS) is 17.4. The molecule has 0 saturated carbocycles. The number of aryl methyl sites for hydroxylation is 3. The van der Waals surface area contributed by atoms with Crippen LogP contribution in [0.1, 0.15) is 46.3 Å². The molecular formula is C17H20N2O2. The average Bonchev–Trinajstić information content (AvgIpc) is 2.80. The second kappa shape index (κ2) is 5.35. The lowest BCUT2D eigenvalue weighted by Crippen LogP contribution is -2.18. The topological polar surface area (TPSA) is 55.1 Å². The molecular weight excluding hydrogens is 264 g/mol. The monoisotopic (exact) mass is 284 g/mol. The van der Waals surface area contributed by atoms with Crippen LogP contribution in [0.3, 0.4) is 0 Å². The molecule has 1 aromatic carbocycles. The lowest BCUT2D eigenvalue weighted by Gasteiger charge is -2.16. The molecule has 110 valence electrons. The second-order valence-corrected chi connectivity index (χ2v) is 6.11. The summed E-state index contributed by atoms with van der Waals surface area (Å²) in [5.41, 5.74) is 4.48. The molecule has 4 heteroatoms. The number of hydrogen-bond donors (Lipinski definition) is 1. The number of nitrogens with one attached hydrogen (secondary N) is 1. The van der Waals surface area contributed by atoms with Gasteiger partial charge in [-0.15, -0.1) is 0 Å². The molecule has 21 heavy (non-hydrogen) atoms. The highest BCUT2D eigenvalue weighted by Gasteiger charge is 2.26. The summed E-state index contributed by atoms with van der Waals surface area (Å²) in [7, 11) is 0. The Balaban J connectivity index is 1.84. The highest BCUT2D eigenvalue weighted by molar-refractivity contribution is 6.04. The molecule has 1 heterocycles. The van der Waals surface area contributed by atoms with Crippen LogP contribution in [-0.2, 0) is 12.8 Å². The number of nitrogens with zero attached hydrogens (tertiary/aromatic N) is 1. The Hall–Kier alpha value is -2.10. The maximum Gasteiger partial charge on any atom is 0.278 e. The molecule has 0 aliphatic heterocycles. The van der Waals surface area contributed by atoms with Crippen LogP contribution < -0.4 is 5.32 Å². The minimum Gasteiger partial charge on any atom is -0.360 e. The van der Waals surface area contributed by atoms with Crippen molar-refractivity contribution in [3.63, 3.8) is 0 Å². The van der Waals surface area contributed by atoms with E-state index in [1.54, 1.807) is 0 Å². The van der Waals surface area contributed by atoms with Crippen molar-refractivity contribution >= 4 is 11.6 Å². The summed E-state index contributed by atoms with van der Waals surface area (Å²) < 4.78 is 5.33. The van der Waals surface area contributed by atoms with Gasteiger partial charge < -0.3 is 9.84 Å². The van der Waals surface area contributed by atoms with Crippen LogP contribution in [0.25, 0.3) is 0 Å². The third-order valence-corrected chi connectivity index (χ3v) is 3.98. The van der Waals surface area contributed by atoms with E-state index >= 15 is 0 Å². The van der Waals surface area contributed by atoms with Gasteiger partial charge >= 0.3 is 0 Å². The molecule has 1 atom stereocenters. The summed E-state index contributed by atoms with van der Waals surface area (Å²) >= 11 is 0. The lowest BCUT2D eigenvalue weighted by molar-refractivity contribution is 0.101. The predicted molar refractivity (Wildman–Crippen MR) is 81.6 cm³/mol. The summed E-state index contributed by atoms with van der Waals surface area (Å²) in [4.78, 5) is 12.4. The number of benzene rings is 1. The average molecular weight is 284 g/mol. The van der Waals surface area contributed by atoms with Gasteiger partial charge in [0, 0.05) is 17.7 Å². The fourth-order valence-electron chi connectivity index (χ4n) is 2.99. The van der Waals surface area contributed by atoms with Crippen LogP contribution in [0.2, 0.25) is 0 Å². The van der Waals surface area contributed by atoms with E-state index in [0.717, 1.165) is 47.4 Å². The van der Waals surface area contributed by atoms with Gasteiger partial charge in [-0.1, -0.05) is 18.1 Å². The van der Waals surface area contributed by atoms with Crippen molar-refractivity contribution in [1.29, 1.82) is 0 Å². The van der Waals surface area contributed by atoms with Gasteiger partial charge in [0.15, 0.2) is 5.69 Å². The van der Waals surface area contributed by atoms with Crippen LogP contribution in [-0.4, -0.2) is 11.1 Å². The number of anilines is 1. The molecule has 0 saturated heterocycles. The Morgan fingerprint density at radius 2 is 2.00 bits per heavy atom. The third kappa shape index (κ3) is 2.84. The quantitative estimate of drug-likeness (QED) is 0.915. The molecule has 2 aromatic rings. The zero-order valence-electron chi connectivity index (χ0n) is 12.7. The molecule has 1 N–H and O–H groups in total. The first-order valence-corrected chi connectivity index (χ1v) is 7.40. The van der Waals surface area contributed by atoms with Crippen LogP contribution >= 0.6 is 0 Å². The van der Waals surface area contributed by atoms with E-state index in [1.807, 2.05) is 26.0 Å². The highest BCUT2D eigenvalue weighted by Crippen LogP contribution is 2.28. The van der Waals surface area contributed by atoms with E-state index in [9.17, 15) is 4.79 Å². The molecule has 1 aromatic heterocycles. The molecule has 0 spiro atoms. The summed E-state index contributed by atoms with van der Waals surface area (Å²) in [6, 6.07) is 6.00. The van der Waals surface area contributed by atoms with E-state index in [-0.39, 0.29) is 5.91 Å². The van der Waals surface area contributed by atoms with Gasteiger partial charge in [-0.05, 0) is 55.9 Å². The van der Waals surface area contributed by atoms with E-state index < -0.39 is 0 Å². The summed E-state index contributed by atoms with van der Waals surface area (Å²) in [5, 5.41) is 6.92. The number of amides is 1. The van der Waals surface area contributed by atoms with Gasteiger partial charge in [-0.2, -0.15) is 0 Å². The minimum absolute atomic E-state index is 0.181. The largest absolute Gasteiger partial charge is 0.360 e. The van der Waals surface area contributed by atoms with E-state index in [4.69, 9.17) is 4.52 Å². The third-order valence-electron chi connectivity index (χ3n) is 3.98. The van der Waals surface area contributed by atoms with Crippen LogP contribution in [0.4, 0.5) is 5.69 Å². The van der Waals surface area contributed by atoms with Crippen molar-refractivity contribution in [2.75, 3.05) is 5.32 Å². The molecule has 0 radical (unpaired) electrons. The molecule has 0 fully saturated rings. The van der Waals surface area contributed by atoms with Crippen LogP contribution in [0.15, 0.2) is 22.7 Å². The zero-order chi connectivity index (χ0) is 15.0. The first kappa shape index (κ1) is 13.9. The molecule has 1 aliphatic rings. The first-order chi connectivity index (χ1) is 10.0. The SMILES string of the molecule is Cc1cc(C)cc(NC(=O)c2noc3c2C[C@H](C)CC3)c1. The Morgan fingerprint density at radius 3 is 2.71 bits per heavy atom. The molecule has 4 nitrogen and oxygen atoms in total. The van der Waals surface area contributed by atoms with E-state index in [2.05, 4.69) is 23.5 Å². The number of carbonyl (C=O) groups is 1. The van der Waals surface area contributed by atoms with Crippen molar-refractivity contribution in [3.05, 3.63) is 46.3 Å². The molecule has 1 aliphatic carbocycles. The summed E-state index contributed by atoms with van der Waals surface area (Å²) in [6.07, 6.45) is 2.84. The van der Waals surface area contributed by atoms with Crippen molar-refractivity contribution in [2.24, 2.45) is 5.92 Å². The number of aromatic nitrogens is 1. The standard InChI is InChI=1S/C17H20N2O2/c1-10-4-5-15-14(9-10)16(19-21-15)17(20)18-13-7-11(2)6-12(3)8-13/h6-8,10H,4-5,9H2,1-3H3,(H,18,20)/t10-/m1/s1. The van der Waals surface area contributed by atoms with Crippen molar-refractivity contribution in [1.82, 2.24) is 5.16 Å². The maximum atomic E-state index is 12.4. The Labute approximate surface area is 124 Å². The maximum absolute atomic E-state index is 12.4. The number of hydrogen-bond acceptors (Lipinski definition) is 3. The van der Waals surface area contributed by atoms with Gasteiger partial charge in [0.25, 0.3) is 5.91 Å². The van der Waals surface area contributed by atoms with Gasteiger partial charge in [0.1, 0.15) is 5.76 Å². The number of fused-ring (bicyclic) bond motifs is 1. The first-order valence-electron chi connectivity index (χ1n) is 7.40. The van der Waals surface area contributed by atoms with Crippen LogP contribution in [0.5, 0.6) is 0 Å². The van der Waals surface area contributed by atoms with Gasteiger partial charge in [-0.3, -0.25) is 4.79 Å². The molecule has 1 amide bonds. The fraction of sp³-hybridized carbons (Fsp3) is 0.412. The zero-order valence-corrected chi connectivity index (χ0v) is 12.7. The van der Waals surface area contributed by atoms with Crippen molar-refractivity contribution < 1.29 is 9.32 Å². The highest BCUT2D eigenvalue weighted by atomic mass is 16.5. The van der Waals surface area contributed by atoms with Crippen LogP contribution in [0, 0.1) is 19.8 Å².